The van der Waals surface area contributed by atoms with Crippen LogP contribution in [0.5, 0.6) is 0 Å². The number of halogens is 1. The van der Waals surface area contributed by atoms with Gasteiger partial charge in [-0.05, 0) is 19.3 Å². The van der Waals surface area contributed by atoms with Crippen molar-refractivity contribution in [1.82, 2.24) is 25.7 Å². The Morgan fingerprint density at radius 3 is 2.58 bits per heavy atom. The molecule has 1 fully saturated rings. The maximum Gasteiger partial charge on any atom is 0.228 e. The fourth-order valence-electron chi connectivity index (χ4n) is 3.01. The Bertz CT molecular complexity index is 531. The molecule has 2 heterocycles. The number of hydrogen-bond acceptors (Lipinski definition) is 6. The molecule has 1 aliphatic rings. The maximum atomic E-state index is 5.48. The van der Waals surface area contributed by atoms with Crippen LogP contribution < -0.4 is 10.6 Å². The Morgan fingerprint density at radius 1 is 1.27 bits per heavy atom. The zero-order valence-corrected chi connectivity index (χ0v) is 18.7. The molecule has 9 heteroatoms. The van der Waals surface area contributed by atoms with Crippen LogP contribution in [0.4, 0.5) is 0 Å². The molecule has 0 amide bonds. The molecule has 1 unspecified atom stereocenters. The average Bonchev–Trinajstić information content (AvgIpc) is 3.02. The first-order chi connectivity index (χ1) is 12.1. The van der Waals surface area contributed by atoms with Gasteiger partial charge in [0.05, 0.1) is 13.2 Å². The minimum Gasteiger partial charge on any atom is -0.379 e. The number of morpholine rings is 1. The molecule has 2 rings (SSSR count). The molecule has 150 valence electrons. The van der Waals surface area contributed by atoms with Crippen LogP contribution in [-0.4, -0.2) is 73.5 Å². The first kappa shape index (κ1) is 23.1. The average molecular weight is 480 g/mol. The minimum atomic E-state index is 0. The molecule has 0 aliphatic carbocycles. The summed E-state index contributed by atoms with van der Waals surface area (Å²) in [5.74, 6) is 2.77. The number of nitrogens with zero attached hydrogens (tertiary/aromatic N) is 4. The third-order valence-electron chi connectivity index (χ3n) is 4.24. The van der Waals surface area contributed by atoms with Crippen molar-refractivity contribution < 1.29 is 9.26 Å². The van der Waals surface area contributed by atoms with E-state index < -0.39 is 0 Å². The molecule has 0 radical (unpaired) electrons. The van der Waals surface area contributed by atoms with Gasteiger partial charge in [-0.15, -0.1) is 24.0 Å². The molecular weight excluding hydrogens is 447 g/mol. The summed E-state index contributed by atoms with van der Waals surface area (Å²) in [6.45, 7) is 11.6. The summed E-state index contributed by atoms with van der Waals surface area (Å²) in [6, 6.07) is 0.487. The second-order valence-corrected chi connectivity index (χ2v) is 6.80. The van der Waals surface area contributed by atoms with Crippen molar-refractivity contribution in [2.45, 2.75) is 39.7 Å². The van der Waals surface area contributed by atoms with Crippen molar-refractivity contribution in [1.29, 1.82) is 0 Å². The molecule has 1 aliphatic heterocycles. The third-order valence-corrected chi connectivity index (χ3v) is 4.24. The standard InChI is InChI=1S/C17H32N6O2.HI/c1-13(2)11-15(23-7-9-24-10-8-23)12-20-17(18-4)19-6-5-16-21-14(3)22-25-16;/h13,15H,5-12H2,1-4H3,(H2,18,19,20);1H. The van der Waals surface area contributed by atoms with Gasteiger partial charge in [-0.1, -0.05) is 19.0 Å². The summed E-state index contributed by atoms with van der Waals surface area (Å²) in [4.78, 5) is 11.0. The number of aromatic nitrogens is 2. The summed E-state index contributed by atoms with van der Waals surface area (Å²) in [5.41, 5.74) is 0. The monoisotopic (exact) mass is 480 g/mol. The van der Waals surface area contributed by atoms with Gasteiger partial charge in [0.25, 0.3) is 0 Å². The molecule has 8 nitrogen and oxygen atoms in total. The van der Waals surface area contributed by atoms with Gasteiger partial charge in [0.15, 0.2) is 11.8 Å². The minimum absolute atomic E-state index is 0. The Labute approximate surface area is 173 Å². The highest BCUT2D eigenvalue weighted by atomic mass is 127. The number of aryl methyl sites for hydroxylation is 1. The van der Waals surface area contributed by atoms with Crippen LogP contribution in [0, 0.1) is 12.8 Å². The Kier molecular flexibility index (Phi) is 11.1. The number of ether oxygens (including phenoxy) is 1. The Morgan fingerprint density at radius 2 is 2.00 bits per heavy atom. The molecule has 0 aromatic carbocycles. The van der Waals surface area contributed by atoms with Crippen LogP contribution in [-0.2, 0) is 11.2 Å². The summed E-state index contributed by atoms with van der Waals surface area (Å²) in [7, 11) is 1.79. The van der Waals surface area contributed by atoms with Gasteiger partial charge in [0.1, 0.15) is 0 Å². The fourth-order valence-corrected chi connectivity index (χ4v) is 3.01. The number of aliphatic imine (C=N–C) groups is 1. The van der Waals surface area contributed by atoms with Gasteiger partial charge in [0, 0.05) is 45.7 Å². The first-order valence-electron chi connectivity index (χ1n) is 9.14. The lowest BCUT2D eigenvalue weighted by atomic mass is 10.0. The smallest absolute Gasteiger partial charge is 0.228 e. The lowest BCUT2D eigenvalue weighted by Crippen LogP contribution is -2.51. The highest BCUT2D eigenvalue weighted by Crippen LogP contribution is 2.12. The number of rotatable bonds is 8. The quantitative estimate of drug-likeness (QED) is 0.331. The predicted octanol–water partition coefficient (Wildman–Crippen LogP) is 1.45. The van der Waals surface area contributed by atoms with Crippen molar-refractivity contribution in [3.05, 3.63) is 11.7 Å². The van der Waals surface area contributed by atoms with E-state index in [2.05, 4.69) is 44.5 Å². The molecule has 2 N–H and O–H groups in total. The molecule has 1 atom stereocenters. The molecule has 0 saturated carbocycles. The molecular formula is C17H33IN6O2. The lowest BCUT2D eigenvalue weighted by Gasteiger charge is -2.35. The third kappa shape index (κ3) is 8.17. The fraction of sp³-hybridized carbons (Fsp3) is 0.824. The van der Waals surface area contributed by atoms with Crippen LogP contribution in [0.25, 0.3) is 0 Å². The molecule has 0 bridgehead atoms. The molecule has 1 saturated heterocycles. The van der Waals surface area contributed by atoms with E-state index in [1.807, 2.05) is 6.92 Å². The van der Waals surface area contributed by atoms with Gasteiger partial charge >= 0.3 is 0 Å². The maximum absolute atomic E-state index is 5.48. The Hall–Kier alpha value is -0.940. The molecule has 1 aromatic heterocycles. The molecule has 26 heavy (non-hydrogen) atoms. The normalized spacial score (nSPS) is 17.0. The second-order valence-electron chi connectivity index (χ2n) is 6.80. The Balaban J connectivity index is 0.00000338. The van der Waals surface area contributed by atoms with Crippen molar-refractivity contribution in [3.8, 4) is 0 Å². The van der Waals surface area contributed by atoms with E-state index in [1.54, 1.807) is 7.05 Å². The second kappa shape index (κ2) is 12.4. The number of nitrogens with one attached hydrogen (secondary N) is 2. The number of guanidine groups is 1. The van der Waals surface area contributed by atoms with Gasteiger partial charge in [-0.25, -0.2) is 0 Å². The van der Waals surface area contributed by atoms with E-state index in [1.165, 1.54) is 0 Å². The van der Waals surface area contributed by atoms with E-state index in [9.17, 15) is 0 Å². The van der Waals surface area contributed by atoms with Crippen LogP contribution in [0.1, 0.15) is 32.0 Å². The molecule has 0 spiro atoms. The van der Waals surface area contributed by atoms with Crippen LogP contribution in [0.3, 0.4) is 0 Å². The zero-order chi connectivity index (χ0) is 18.1. The SMILES string of the molecule is CN=C(NCCc1nc(C)no1)NCC(CC(C)C)N1CCOCC1.I. The van der Waals surface area contributed by atoms with Crippen molar-refractivity contribution in [2.24, 2.45) is 10.9 Å². The molecule has 1 aromatic rings. The van der Waals surface area contributed by atoms with E-state index in [-0.39, 0.29) is 24.0 Å². The number of hydrogen-bond donors (Lipinski definition) is 2. The van der Waals surface area contributed by atoms with Crippen molar-refractivity contribution in [2.75, 3.05) is 46.4 Å². The van der Waals surface area contributed by atoms with E-state index in [4.69, 9.17) is 9.26 Å². The highest BCUT2D eigenvalue weighted by molar-refractivity contribution is 14.0. The van der Waals surface area contributed by atoms with Gasteiger partial charge in [-0.3, -0.25) is 9.89 Å². The summed E-state index contributed by atoms with van der Waals surface area (Å²) in [6.07, 6.45) is 1.84. The van der Waals surface area contributed by atoms with Gasteiger partial charge in [-0.2, -0.15) is 4.98 Å². The van der Waals surface area contributed by atoms with Gasteiger partial charge < -0.3 is 19.9 Å². The van der Waals surface area contributed by atoms with Crippen LogP contribution in [0.15, 0.2) is 9.52 Å². The van der Waals surface area contributed by atoms with Crippen molar-refractivity contribution in [3.63, 3.8) is 0 Å². The summed E-state index contributed by atoms with van der Waals surface area (Å²) >= 11 is 0. The topological polar surface area (TPSA) is 87.8 Å². The van der Waals surface area contributed by atoms with E-state index >= 15 is 0 Å². The first-order valence-corrected chi connectivity index (χ1v) is 9.14. The highest BCUT2D eigenvalue weighted by Gasteiger charge is 2.22. The largest absolute Gasteiger partial charge is 0.379 e. The zero-order valence-electron chi connectivity index (χ0n) is 16.3. The van der Waals surface area contributed by atoms with Crippen molar-refractivity contribution >= 4 is 29.9 Å². The predicted molar refractivity (Wildman–Crippen MR) is 113 cm³/mol. The lowest BCUT2D eigenvalue weighted by molar-refractivity contribution is 0.0132. The van der Waals surface area contributed by atoms with E-state index in [0.717, 1.165) is 45.2 Å². The van der Waals surface area contributed by atoms with E-state index in [0.29, 0.717) is 36.6 Å². The van der Waals surface area contributed by atoms with Gasteiger partial charge in [0.2, 0.25) is 5.89 Å². The summed E-state index contributed by atoms with van der Waals surface area (Å²) in [5, 5.41) is 10.6. The summed E-state index contributed by atoms with van der Waals surface area (Å²) < 4.78 is 10.6. The van der Waals surface area contributed by atoms with Crippen LogP contribution in [0.2, 0.25) is 0 Å². The van der Waals surface area contributed by atoms with Crippen LogP contribution >= 0.6 is 24.0 Å².